The molecule has 1 heterocycles. The zero-order valence-electron chi connectivity index (χ0n) is 9.24. The van der Waals surface area contributed by atoms with E-state index in [4.69, 9.17) is 18.0 Å². The minimum Gasteiger partial charge on any atom is -0.389 e. The standard InChI is InChI=1S/C12H15FN2S/c1-8-3-2-6-15(8)9-4-5-10(12(14)16)11(13)7-9/h4-5,7-8H,2-3,6H2,1H3,(H2,14,16). The molecule has 0 aliphatic carbocycles. The van der Waals surface area contributed by atoms with Crippen LogP contribution in [0.25, 0.3) is 0 Å². The summed E-state index contributed by atoms with van der Waals surface area (Å²) in [6.07, 6.45) is 2.33. The summed E-state index contributed by atoms with van der Waals surface area (Å²) in [6, 6.07) is 5.56. The molecule has 1 unspecified atom stereocenters. The van der Waals surface area contributed by atoms with Crippen LogP contribution in [0.4, 0.5) is 10.1 Å². The van der Waals surface area contributed by atoms with E-state index in [1.165, 1.54) is 18.9 Å². The van der Waals surface area contributed by atoms with Crippen molar-refractivity contribution in [3.63, 3.8) is 0 Å². The molecule has 1 aliphatic heterocycles. The highest BCUT2D eigenvalue weighted by molar-refractivity contribution is 7.80. The Morgan fingerprint density at radius 1 is 1.56 bits per heavy atom. The first-order chi connectivity index (χ1) is 7.59. The normalized spacial score (nSPS) is 20.1. The van der Waals surface area contributed by atoms with E-state index in [0.29, 0.717) is 11.6 Å². The maximum atomic E-state index is 13.7. The van der Waals surface area contributed by atoms with Crippen molar-refractivity contribution in [1.82, 2.24) is 0 Å². The molecule has 0 amide bonds. The van der Waals surface area contributed by atoms with Gasteiger partial charge < -0.3 is 10.6 Å². The van der Waals surface area contributed by atoms with Crippen LogP contribution in [0.1, 0.15) is 25.3 Å². The Morgan fingerprint density at radius 3 is 2.81 bits per heavy atom. The van der Waals surface area contributed by atoms with Gasteiger partial charge in [-0.2, -0.15) is 0 Å². The van der Waals surface area contributed by atoms with Gasteiger partial charge >= 0.3 is 0 Å². The van der Waals surface area contributed by atoms with E-state index in [9.17, 15) is 4.39 Å². The van der Waals surface area contributed by atoms with Gasteiger partial charge in [-0.05, 0) is 38.0 Å². The molecule has 0 saturated carbocycles. The van der Waals surface area contributed by atoms with Gasteiger partial charge in [-0.25, -0.2) is 4.39 Å². The largest absolute Gasteiger partial charge is 0.389 e. The predicted octanol–water partition coefficient (Wildman–Crippen LogP) is 2.45. The molecule has 1 aliphatic rings. The highest BCUT2D eigenvalue weighted by Gasteiger charge is 2.21. The van der Waals surface area contributed by atoms with Crippen LogP contribution in [0.3, 0.4) is 0 Å². The monoisotopic (exact) mass is 238 g/mol. The first-order valence-corrected chi connectivity index (χ1v) is 5.86. The first-order valence-electron chi connectivity index (χ1n) is 5.45. The number of thiocarbonyl (C=S) groups is 1. The molecule has 2 nitrogen and oxygen atoms in total. The fraction of sp³-hybridized carbons (Fsp3) is 0.417. The van der Waals surface area contributed by atoms with Gasteiger partial charge in [-0.15, -0.1) is 0 Å². The number of rotatable bonds is 2. The summed E-state index contributed by atoms with van der Waals surface area (Å²) in [6.45, 7) is 3.15. The maximum absolute atomic E-state index is 13.7. The molecule has 1 aromatic rings. The zero-order valence-corrected chi connectivity index (χ0v) is 10.1. The van der Waals surface area contributed by atoms with E-state index in [2.05, 4.69) is 11.8 Å². The van der Waals surface area contributed by atoms with E-state index in [1.54, 1.807) is 6.07 Å². The van der Waals surface area contributed by atoms with E-state index in [1.807, 2.05) is 6.07 Å². The summed E-state index contributed by atoms with van der Waals surface area (Å²) in [5.74, 6) is -0.330. The van der Waals surface area contributed by atoms with Crippen LogP contribution in [-0.2, 0) is 0 Å². The van der Waals surface area contributed by atoms with E-state index in [-0.39, 0.29) is 10.8 Å². The van der Waals surface area contributed by atoms with E-state index >= 15 is 0 Å². The van der Waals surface area contributed by atoms with E-state index < -0.39 is 0 Å². The molecule has 1 aromatic carbocycles. The van der Waals surface area contributed by atoms with Crippen molar-refractivity contribution in [2.24, 2.45) is 5.73 Å². The van der Waals surface area contributed by atoms with Crippen molar-refractivity contribution in [3.05, 3.63) is 29.6 Å². The van der Waals surface area contributed by atoms with Gasteiger partial charge in [0.15, 0.2) is 0 Å². The van der Waals surface area contributed by atoms with Gasteiger partial charge in [0, 0.05) is 23.8 Å². The summed E-state index contributed by atoms with van der Waals surface area (Å²) in [5, 5.41) is 0. The Kier molecular flexibility index (Phi) is 3.10. The Bertz CT molecular complexity index is 419. The molecule has 1 fully saturated rings. The summed E-state index contributed by atoms with van der Waals surface area (Å²) in [5.41, 5.74) is 6.67. The van der Waals surface area contributed by atoms with Crippen LogP contribution in [0.15, 0.2) is 18.2 Å². The lowest BCUT2D eigenvalue weighted by Crippen LogP contribution is -2.26. The molecule has 4 heteroatoms. The van der Waals surface area contributed by atoms with Crippen LogP contribution < -0.4 is 10.6 Å². The Labute approximate surface area is 100 Å². The third-order valence-electron chi connectivity index (χ3n) is 3.10. The second-order valence-electron chi connectivity index (χ2n) is 4.21. The Morgan fingerprint density at radius 2 is 2.31 bits per heavy atom. The van der Waals surface area contributed by atoms with Crippen molar-refractivity contribution in [2.75, 3.05) is 11.4 Å². The zero-order chi connectivity index (χ0) is 11.7. The van der Waals surface area contributed by atoms with Crippen LogP contribution in [-0.4, -0.2) is 17.6 Å². The quantitative estimate of drug-likeness (QED) is 0.802. The average molecular weight is 238 g/mol. The number of nitrogens with two attached hydrogens (primary N) is 1. The molecule has 1 saturated heterocycles. The molecule has 0 spiro atoms. The van der Waals surface area contributed by atoms with Crippen LogP contribution in [0.2, 0.25) is 0 Å². The smallest absolute Gasteiger partial charge is 0.135 e. The molecule has 0 aromatic heterocycles. The maximum Gasteiger partial charge on any atom is 0.135 e. The highest BCUT2D eigenvalue weighted by Crippen LogP contribution is 2.26. The van der Waals surface area contributed by atoms with Crippen molar-refractivity contribution < 1.29 is 4.39 Å². The molecular formula is C12H15FN2S. The van der Waals surface area contributed by atoms with Crippen LogP contribution >= 0.6 is 12.2 Å². The SMILES string of the molecule is CC1CCCN1c1ccc(C(N)=S)c(F)c1. The molecule has 1 atom stereocenters. The average Bonchev–Trinajstić information content (AvgIpc) is 2.63. The molecule has 16 heavy (non-hydrogen) atoms. The number of anilines is 1. The number of halogens is 1. The third kappa shape index (κ3) is 2.02. The summed E-state index contributed by atoms with van der Waals surface area (Å²) in [7, 11) is 0. The minimum atomic E-state index is -0.330. The van der Waals surface area contributed by atoms with E-state index in [0.717, 1.165) is 12.2 Å². The van der Waals surface area contributed by atoms with Crippen molar-refractivity contribution in [3.8, 4) is 0 Å². The van der Waals surface area contributed by atoms with Gasteiger partial charge in [0.1, 0.15) is 10.8 Å². The molecular weight excluding hydrogens is 223 g/mol. The third-order valence-corrected chi connectivity index (χ3v) is 3.32. The number of hydrogen-bond acceptors (Lipinski definition) is 2. The topological polar surface area (TPSA) is 29.3 Å². The lowest BCUT2D eigenvalue weighted by atomic mass is 10.1. The Balaban J connectivity index is 2.30. The molecule has 0 bridgehead atoms. The van der Waals surface area contributed by atoms with Gasteiger partial charge in [0.2, 0.25) is 0 Å². The van der Waals surface area contributed by atoms with Gasteiger partial charge in [0.25, 0.3) is 0 Å². The first kappa shape index (κ1) is 11.3. The number of nitrogens with zero attached hydrogens (tertiary/aromatic N) is 1. The summed E-state index contributed by atoms with van der Waals surface area (Å²) < 4.78 is 13.7. The second kappa shape index (κ2) is 4.37. The van der Waals surface area contributed by atoms with Crippen molar-refractivity contribution in [2.45, 2.75) is 25.8 Å². The summed E-state index contributed by atoms with van der Waals surface area (Å²) in [4.78, 5) is 2.32. The number of hydrogen-bond donors (Lipinski definition) is 1. The van der Waals surface area contributed by atoms with Gasteiger partial charge in [-0.1, -0.05) is 12.2 Å². The minimum absolute atomic E-state index is 0.110. The fourth-order valence-corrected chi connectivity index (χ4v) is 2.36. The number of benzene rings is 1. The molecule has 86 valence electrons. The summed E-state index contributed by atoms with van der Waals surface area (Å²) >= 11 is 4.77. The lowest BCUT2D eigenvalue weighted by molar-refractivity contribution is 0.623. The second-order valence-corrected chi connectivity index (χ2v) is 4.65. The Hall–Kier alpha value is -1.16. The van der Waals surface area contributed by atoms with Crippen molar-refractivity contribution >= 4 is 22.9 Å². The molecule has 2 N–H and O–H groups in total. The molecule has 0 radical (unpaired) electrons. The lowest BCUT2D eigenvalue weighted by Gasteiger charge is -2.24. The van der Waals surface area contributed by atoms with Gasteiger partial charge in [0.05, 0.1) is 0 Å². The highest BCUT2D eigenvalue weighted by atomic mass is 32.1. The van der Waals surface area contributed by atoms with Crippen molar-refractivity contribution in [1.29, 1.82) is 0 Å². The van der Waals surface area contributed by atoms with Crippen LogP contribution in [0, 0.1) is 5.82 Å². The fourth-order valence-electron chi connectivity index (χ4n) is 2.20. The predicted molar refractivity (Wildman–Crippen MR) is 68.3 cm³/mol. The molecule has 2 rings (SSSR count). The van der Waals surface area contributed by atoms with Gasteiger partial charge in [-0.3, -0.25) is 0 Å². The van der Waals surface area contributed by atoms with Crippen LogP contribution in [0.5, 0.6) is 0 Å².